The van der Waals surface area contributed by atoms with Gasteiger partial charge in [0.15, 0.2) is 17.4 Å². The zero-order chi connectivity index (χ0) is 27.9. The largest absolute Gasteiger partial charge is 0.478 e. The average molecular weight is 535 g/mol. The van der Waals surface area contributed by atoms with E-state index >= 15 is 0 Å². The van der Waals surface area contributed by atoms with Crippen LogP contribution in [0.15, 0.2) is 60.7 Å². The number of ether oxygens (including phenoxy) is 1. The van der Waals surface area contributed by atoms with Gasteiger partial charge in [0.25, 0.3) is 0 Å². The number of pyridine rings is 1. The number of carboxylic acids is 1. The molecule has 1 aromatic heterocycles. The maximum Gasteiger partial charge on any atom is 0.336 e. The Morgan fingerprint density at radius 3 is 2.26 bits per heavy atom. The summed E-state index contributed by atoms with van der Waals surface area (Å²) < 4.78 is 48.2. The van der Waals surface area contributed by atoms with E-state index in [4.69, 9.17) is 4.74 Å². The number of carbonyl (C=O) groups is 3. The minimum Gasteiger partial charge on any atom is -0.478 e. The maximum atomic E-state index is 14.8. The normalized spacial score (nSPS) is 13.5. The van der Waals surface area contributed by atoms with Crippen LogP contribution in [0.2, 0.25) is 0 Å². The molecule has 198 valence electrons. The Hall–Kier alpha value is -4.93. The number of aromatic nitrogens is 1. The highest BCUT2D eigenvalue weighted by atomic mass is 19.1. The lowest BCUT2D eigenvalue weighted by atomic mass is 10.0. The van der Waals surface area contributed by atoms with Gasteiger partial charge in [-0.05, 0) is 67.8 Å². The van der Waals surface area contributed by atoms with Gasteiger partial charge in [-0.1, -0.05) is 0 Å². The van der Waals surface area contributed by atoms with Crippen LogP contribution in [-0.2, 0) is 9.59 Å². The number of aromatic carboxylic acids is 1. The molecule has 39 heavy (non-hydrogen) atoms. The summed E-state index contributed by atoms with van der Waals surface area (Å²) in [5.74, 6) is -5.72. The van der Waals surface area contributed by atoms with Gasteiger partial charge < -0.3 is 20.5 Å². The highest BCUT2D eigenvalue weighted by Gasteiger charge is 2.56. The van der Waals surface area contributed by atoms with E-state index in [1.54, 1.807) is 19.1 Å². The number of hydrogen-bond donors (Lipinski definition) is 3. The number of anilines is 2. The zero-order valence-electron chi connectivity index (χ0n) is 20.3. The van der Waals surface area contributed by atoms with Crippen LogP contribution in [-0.4, -0.2) is 27.9 Å². The van der Waals surface area contributed by atoms with Gasteiger partial charge in [-0.3, -0.25) is 9.59 Å². The third-order valence-electron chi connectivity index (χ3n) is 6.45. The smallest absolute Gasteiger partial charge is 0.336 e. The molecule has 11 heteroatoms. The Morgan fingerprint density at radius 2 is 1.59 bits per heavy atom. The quantitative estimate of drug-likeness (QED) is 0.257. The van der Waals surface area contributed by atoms with Gasteiger partial charge in [0, 0.05) is 29.3 Å². The predicted molar refractivity (Wildman–Crippen MR) is 135 cm³/mol. The first-order valence-corrected chi connectivity index (χ1v) is 11.8. The van der Waals surface area contributed by atoms with Crippen molar-refractivity contribution in [1.29, 1.82) is 0 Å². The number of carbonyl (C=O) groups excluding carboxylic acids is 2. The van der Waals surface area contributed by atoms with E-state index in [1.807, 2.05) is 0 Å². The van der Waals surface area contributed by atoms with Crippen molar-refractivity contribution < 1.29 is 37.4 Å². The van der Waals surface area contributed by atoms with Gasteiger partial charge in [0.1, 0.15) is 11.2 Å². The lowest BCUT2D eigenvalue weighted by Crippen LogP contribution is -2.35. The summed E-state index contributed by atoms with van der Waals surface area (Å²) in [6.45, 7) is 1.65. The monoisotopic (exact) mass is 535 g/mol. The summed E-state index contributed by atoms with van der Waals surface area (Å²) in [7, 11) is 0. The molecule has 5 rings (SSSR count). The molecule has 0 unspecified atom stereocenters. The number of nitrogens with zero attached hydrogens (tertiary/aromatic N) is 1. The molecule has 1 aliphatic carbocycles. The van der Waals surface area contributed by atoms with E-state index in [1.165, 1.54) is 24.3 Å². The fourth-order valence-corrected chi connectivity index (χ4v) is 4.08. The molecule has 2 amide bonds. The molecule has 1 heterocycles. The SMILES string of the molecule is Cc1cc2ccc(Oc3cc(F)c(NC(=O)C4(C(=O)Nc5ccc(F)cc5)CC4)cc3F)nc2cc1C(=O)O. The van der Waals surface area contributed by atoms with E-state index in [0.29, 0.717) is 10.9 Å². The fourth-order valence-electron chi connectivity index (χ4n) is 4.08. The summed E-state index contributed by atoms with van der Waals surface area (Å²) in [5.41, 5.74) is -0.792. The van der Waals surface area contributed by atoms with Gasteiger partial charge in [0.05, 0.1) is 16.8 Å². The number of fused-ring (bicyclic) bond motifs is 1. The van der Waals surface area contributed by atoms with Crippen LogP contribution in [0.5, 0.6) is 11.6 Å². The number of nitrogens with one attached hydrogen (secondary N) is 2. The van der Waals surface area contributed by atoms with Crippen LogP contribution in [0.1, 0.15) is 28.8 Å². The molecule has 0 saturated heterocycles. The number of benzene rings is 3. The highest BCUT2D eigenvalue weighted by Crippen LogP contribution is 2.47. The molecule has 3 N–H and O–H groups in total. The summed E-state index contributed by atoms with van der Waals surface area (Å²) in [4.78, 5) is 41.1. The third kappa shape index (κ3) is 5.11. The van der Waals surface area contributed by atoms with Crippen LogP contribution in [0.4, 0.5) is 24.5 Å². The van der Waals surface area contributed by atoms with Crippen LogP contribution in [0.25, 0.3) is 10.9 Å². The minimum atomic E-state index is -1.46. The molecular weight excluding hydrogens is 515 g/mol. The van der Waals surface area contributed by atoms with Gasteiger partial charge >= 0.3 is 5.97 Å². The zero-order valence-corrected chi connectivity index (χ0v) is 20.3. The molecule has 0 radical (unpaired) electrons. The molecule has 4 aromatic rings. The standard InChI is InChI=1S/C28H20F3N3O5/c1-14-10-15-2-7-24(33-21(15)11-18(14)25(35)36)39-23-13-19(30)22(12-20(23)31)34-27(38)28(8-9-28)26(37)32-17-5-3-16(29)4-6-17/h2-7,10-13H,8-9H2,1H3,(H,32,37)(H,34,38)(H,35,36). The first-order chi connectivity index (χ1) is 18.6. The second kappa shape index (κ2) is 9.75. The molecule has 8 nitrogen and oxygen atoms in total. The summed E-state index contributed by atoms with van der Waals surface area (Å²) in [6.07, 6.45) is 0.405. The van der Waals surface area contributed by atoms with Gasteiger partial charge in [-0.15, -0.1) is 0 Å². The lowest BCUT2D eigenvalue weighted by molar-refractivity contribution is -0.131. The van der Waals surface area contributed by atoms with Crippen molar-refractivity contribution in [1.82, 2.24) is 4.98 Å². The van der Waals surface area contributed by atoms with Crippen molar-refractivity contribution in [3.63, 3.8) is 0 Å². The first-order valence-electron chi connectivity index (χ1n) is 11.8. The van der Waals surface area contributed by atoms with E-state index in [2.05, 4.69) is 15.6 Å². The van der Waals surface area contributed by atoms with Crippen molar-refractivity contribution in [3.8, 4) is 11.6 Å². The van der Waals surface area contributed by atoms with Crippen molar-refractivity contribution in [2.45, 2.75) is 19.8 Å². The maximum absolute atomic E-state index is 14.8. The van der Waals surface area contributed by atoms with E-state index < -0.39 is 52.1 Å². The summed E-state index contributed by atoms with van der Waals surface area (Å²) in [5, 5.41) is 14.8. The molecule has 0 spiro atoms. The van der Waals surface area contributed by atoms with Crippen molar-refractivity contribution in [3.05, 3.63) is 89.2 Å². The van der Waals surface area contributed by atoms with Crippen molar-refractivity contribution in [2.75, 3.05) is 10.6 Å². The molecule has 3 aromatic carbocycles. The second-order valence-corrected chi connectivity index (χ2v) is 9.18. The van der Waals surface area contributed by atoms with E-state index in [-0.39, 0.29) is 35.5 Å². The number of aryl methyl sites for hydroxylation is 1. The van der Waals surface area contributed by atoms with Gasteiger partial charge in [-0.2, -0.15) is 0 Å². The third-order valence-corrected chi connectivity index (χ3v) is 6.45. The lowest BCUT2D eigenvalue weighted by Gasteiger charge is -2.16. The molecular formula is C28H20F3N3O5. The number of rotatable bonds is 7. The van der Waals surface area contributed by atoms with Crippen molar-refractivity contribution in [2.24, 2.45) is 5.41 Å². The number of hydrogen-bond acceptors (Lipinski definition) is 5. The number of carboxylic acid groups (broad SMARTS) is 1. The van der Waals surface area contributed by atoms with Crippen LogP contribution < -0.4 is 15.4 Å². The fraction of sp³-hybridized carbons (Fsp3) is 0.143. The number of halogens is 3. The predicted octanol–water partition coefficient (Wildman–Crippen LogP) is 5.81. The topological polar surface area (TPSA) is 118 Å². The average Bonchev–Trinajstić information content (AvgIpc) is 3.70. The highest BCUT2D eigenvalue weighted by molar-refractivity contribution is 6.17. The Bertz CT molecular complexity index is 1650. The molecule has 1 aliphatic rings. The Balaban J connectivity index is 1.32. The minimum absolute atomic E-state index is 0.0456. The molecule has 0 aliphatic heterocycles. The summed E-state index contributed by atoms with van der Waals surface area (Å²) >= 11 is 0. The Kier molecular flexibility index (Phi) is 6.43. The Morgan fingerprint density at radius 1 is 0.897 bits per heavy atom. The molecule has 0 atom stereocenters. The summed E-state index contributed by atoms with van der Waals surface area (Å²) in [6, 6.07) is 12.5. The second-order valence-electron chi connectivity index (χ2n) is 9.18. The van der Waals surface area contributed by atoms with Gasteiger partial charge in [0.2, 0.25) is 17.7 Å². The van der Waals surface area contributed by atoms with E-state index in [0.717, 1.165) is 24.3 Å². The molecule has 1 fully saturated rings. The number of amides is 2. The first kappa shape index (κ1) is 25.7. The van der Waals surface area contributed by atoms with Crippen LogP contribution >= 0.6 is 0 Å². The van der Waals surface area contributed by atoms with Gasteiger partial charge in [-0.25, -0.2) is 22.9 Å². The Labute approximate surface area is 219 Å². The van der Waals surface area contributed by atoms with Crippen LogP contribution in [0.3, 0.4) is 0 Å². The molecule has 1 saturated carbocycles. The van der Waals surface area contributed by atoms with E-state index in [9.17, 15) is 32.7 Å². The van der Waals surface area contributed by atoms with Crippen LogP contribution in [0, 0.1) is 29.8 Å². The molecule has 0 bridgehead atoms. The van der Waals surface area contributed by atoms with Crippen molar-refractivity contribution >= 4 is 40.1 Å².